The van der Waals surface area contributed by atoms with Crippen LogP contribution in [-0.4, -0.2) is 54.1 Å². The summed E-state index contributed by atoms with van der Waals surface area (Å²) in [5.74, 6) is -1.45. The molecule has 3 rings (SSSR count). The molecule has 0 atom stereocenters. The molecule has 2 aromatic carbocycles. The smallest absolute Gasteiger partial charge is 0.335 e. The highest BCUT2D eigenvalue weighted by atomic mass is 16.5. The summed E-state index contributed by atoms with van der Waals surface area (Å²) in [6.07, 6.45) is 0. The molecule has 7 heteroatoms. The summed E-state index contributed by atoms with van der Waals surface area (Å²) < 4.78 is 5.16. The number of primary amides is 1. The highest BCUT2D eigenvalue weighted by Crippen LogP contribution is 2.09. The number of aromatic carboxylic acids is 1. The largest absolute Gasteiger partial charge is 0.478 e. The molecule has 1 aliphatic heterocycles. The van der Waals surface area contributed by atoms with E-state index in [0.29, 0.717) is 37.4 Å². The molecule has 0 saturated carbocycles. The van der Waals surface area contributed by atoms with Crippen molar-refractivity contribution in [3.63, 3.8) is 0 Å². The number of benzene rings is 2. The average molecular weight is 356 g/mol. The number of nitrogens with two attached hydrogens (primary N) is 1. The first-order chi connectivity index (χ1) is 12.5. The molecule has 26 heavy (non-hydrogen) atoms. The van der Waals surface area contributed by atoms with Gasteiger partial charge in [0, 0.05) is 24.2 Å². The molecule has 1 saturated heterocycles. The zero-order chi connectivity index (χ0) is 18.9. The first kappa shape index (κ1) is 19.1. The van der Waals surface area contributed by atoms with E-state index in [9.17, 15) is 14.4 Å². The molecule has 0 aliphatic carbocycles. The van der Waals surface area contributed by atoms with Gasteiger partial charge in [-0.3, -0.25) is 9.59 Å². The number of hydrogen-bond donors (Lipinski definition) is 2. The van der Waals surface area contributed by atoms with Crippen molar-refractivity contribution in [3.05, 3.63) is 71.3 Å². The van der Waals surface area contributed by atoms with E-state index < -0.39 is 5.97 Å². The lowest BCUT2D eigenvalue weighted by molar-refractivity contribution is 0.0302. The Labute approximate surface area is 151 Å². The fourth-order valence-electron chi connectivity index (χ4n) is 2.31. The van der Waals surface area contributed by atoms with Gasteiger partial charge in [0.2, 0.25) is 5.91 Å². The fraction of sp³-hybridized carbons (Fsp3) is 0.211. The van der Waals surface area contributed by atoms with Gasteiger partial charge in [-0.2, -0.15) is 0 Å². The van der Waals surface area contributed by atoms with Crippen molar-refractivity contribution < 1.29 is 24.2 Å². The average Bonchev–Trinajstić information content (AvgIpc) is 2.69. The zero-order valence-electron chi connectivity index (χ0n) is 14.1. The second-order valence-electron chi connectivity index (χ2n) is 5.52. The zero-order valence-corrected chi connectivity index (χ0v) is 14.1. The normalized spacial score (nSPS) is 13.3. The molecule has 0 radical (unpaired) electrons. The van der Waals surface area contributed by atoms with E-state index in [0.717, 1.165) is 0 Å². The molecule has 1 heterocycles. The summed E-state index contributed by atoms with van der Waals surface area (Å²) in [4.78, 5) is 34.8. The van der Waals surface area contributed by atoms with Gasteiger partial charge < -0.3 is 20.5 Å². The van der Waals surface area contributed by atoms with Crippen LogP contribution < -0.4 is 5.73 Å². The molecule has 7 nitrogen and oxygen atoms in total. The van der Waals surface area contributed by atoms with Crippen molar-refractivity contribution in [2.24, 2.45) is 5.73 Å². The Kier molecular flexibility index (Phi) is 6.87. The predicted molar refractivity (Wildman–Crippen MR) is 95.1 cm³/mol. The van der Waals surface area contributed by atoms with Crippen molar-refractivity contribution >= 4 is 17.8 Å². The van der Waals surface area contributed by atoms with Crippen molar-refractivity contribution in [2.45, 2.75) is 0 Å². The van der Waals surface area contributed by atoms with E-state index in [-0.39, 0.29) is 17.4 Å². The summed E-state index contributed by atoms with van der Waals surface area (Å²) in [5.41, 5.74) is 6.22. The van der Waals surface area contributed by atoms with Crippen LogP contribution in [0.25, 0.3) is 0 Å². The van der Waals surface area contributed by atoms with Crippen LogP contribution in [0.2, 0.25) is 0 Å². The molecule has 1 fully saturated rings. The maximum absolute atomic E-state index is 12.0. The summed E-state index contributed by atoms with van der Waals surface area (Å²) >= 11 is 0. The minimum Gasteiger partial charge on any atom is -0.478 e. The van der Waals surface area contributed by atoms with Gasteiger partial charge in [0.1, 0.15) is 0 Å². The first-order valence-corrected chi connectivity index (χ1v) is 8.04. The van der Waals surface area contributed by atoms with Crippen LogP contribution in [0.4, 0.5) is 0 Å². The highest BCUT2D eigenvalue weighted by Gasteiger charge is 2.18. The molecule has 2 amide bonds. The van der Waals surface area contributed by atoms with Crippen LogP contribution in [0.1, 0.15) is 31.1 Å². The first-order valence-electron chi connectivity index (χ1n) is 8.04. The van der Waals surface area contributed by atoms with Crippen LogP contribution in [-0.2, 0) is 4.74 Å². The molecule has 2 aromatic rings. The van der Waals surface area contributed by atoms with Crippen molar-refractivity contribution in [3.8, 4) is 0 Å². The molecular formula is C19H20N2O5. The monoisotopic (exact) mass is 356 g/mol. The second-order valence-corrected chi connectivity index (χ2v) is 5.52. The minimum atomic E-state index is -0.990. The van der Waals surface area contributed by atoms with Gasteiger partial charge in [0.05, 0.1) is 18.8 Å². The van der Waals surface area contributed by atoms with Gasteiger partial charge in [-0.25, -0.2) is 4.79 Å². The number of rotatable bonds is 3. The Balaban J connectivity index is 0.000000228. The Hall–Kier alpha value is -3.19. The fourth-order valence-corrected chi connectivity index (χ4v) is 2.31. The van der Waals surface area contributed by atoms with E-state index in [4.69, 9.17) is 15.6 Å². The van der Waals surface area contributed by atoms with Crippen LogP contribution >= 0.6 is 0 Å². The number of morpholine rings is 1. The molecule has 3 N–H and O–H groups in total. The summed E-state index contributed by atoms with van der Waals surface area (Å²) in [7, 11) is 0. The Morgan fingerprint density at radius 3 is 1.85 bits per heavy atom. The Morgan fingerprint density at radius 1 is 0.846 bits per heavy atom. The quantitative estimate of drug-likeness (QED) is 0.869. The highest BCUT2D eigenvalue weighted by molar-refractivity contribution is 5.96. The van der Waals surface area contributed by atoms with Gasteiger partial charge >= 0.3 is 5.97 Å². The van der Waals surface area contributed by atoms with E-state index >= 15 is 0 Å². The molecular weight excluding hydrogens is 336 g/mol. The number of ether oxygens (including phenoxy) is 1. The number of amides is 2. The maximum Gasteiger partial charge on any atom is 0.335 e. The second kappa shape index (κ2) is 9.33. The Morgan fingerprint density at radius 2 is 1.38 bits per heavy atom. The van der Waals surface area contributed by atoms with E-state index in [1.165, 1.54) is 12.1 Å². The number of carbonyl (C=O) groups excluding carboxylic acids is 2. The standard InChI is InChI=1S/C12H13NO4.C7H7NO/c14-11(13-5-7-17-8-6-13)9-1-3-10(4-2-9)12(15)16;8-7(9)6-4-2-1-3-5-6/h1-4H,5-8H2,(H,15,16);1-5H,(H2,8,9). The topological polar surface area (TPSA) is 110 Å². The number of hydrogen-bond acceptors (Lipinski definition) is 4. The van der Waals surface area contributed by atoms with E-state index in [1.807, 2.05) is 6.07 Å². The van der Waals surface area contributed by atoms with Crippen LogP contribution in [0.3, 0.4) is 0 Å². The van der Waals surface area contributed by atoms with Gasteiger partial charge in [-0.05, 0) is 36.4 Å². The third kappa shape index (κ3) is 5.42. The molecule has 0 aromatic heterocycles. The molecule has 1 aliphatic rings. The third-order valence-corrected chi connectivity index (χ3v) is 3.74. The Bertz CT molecular complexity index is 753. The van der Waals surface area contributed by atoms with Crippen molar-refractivity contribution in [1.82, 2.24) is 4.90 Å². The molecule has 136 valence electrons. The number of carboxylic acids is 1. The van der Waals surface area contributed by atoms with Crippen LogP contribution in [0, 0.1) is 0 Å². The van der Waals surface area contributed by atoms with Crippen molar-refractivity contribution in [1.29, 1.82) is 0 Å². The summed E-state index contributed by atoms with van der Waals surface area (Å²) in [6, 6.07) is 14.7. The lowest BCUT2D eigenvalue weighted by atomic mass is 10.1. The maximum atomic E-state index is 12.0. The summed E-state index contributed by atoms with van der Waals surface area (Å²) in [5, 5.41) is 8.75. The predicted octanol–water partition coefficient (Wildman–Crippen LogP) is 1.64. The van der Waals surface area contributed by atoms with Crippen LogP contribution in [0.5, 0.6) is 0 Å². The van der Waals surface area contributed by atoms with Crippen molar-refractivity contribution in [2.75, 3.05) is 26.3 Å². The lowest BCUT2D eigenvalue weighted by Crippen LogP contribution is -2.40. The van der Waals surface area contributed by atoms with E-state index in [1.54, 1.807) is 41.3 Å². The van der Waals surface area contributed by atoms with E-state index in [2.05, 4.69) is 0 Å². The third-order valence-electron chi connectivity index (χ3n) is 3.74. The SMILES string of the molecule is NC(=O)c1ccccc1.O=C(O)c1ccc(C(=O)N2CCOCC2)cc1. The van der Waals surface area contributed by atoms with Gasteiger partial charge in [-0.15, -0.1) is 0 Å². The number of carbonyl (C=O) groups is 3. The van der Waals surface area contributed by atoms with Gasteiger partial charge in [0.25, 0.3) is 5.91 Å². The molecule has 0 bridgehead atoms. The summed E-state index contributed by atoms with van der Waals surface area (Å²) in [6.45, 7) is 2.27. The number of carboxylic acid groups (broad SMARTS) is 1. The van der Waals surface area contributed by atoms with Crippen LogP contribution in [0.15, 0.2) is 54.6 Å². The minimum absolute atomic E-state index is 0.0785. The molecule has 0 unspecified atom stereocenters. The molecule has 0 spiro atoms. The van der Waals surface area contributed by atoms with Gasteiger partial charge in [0.15, 0.2) is 0 Å². The number of nitrogens with zero attached hydrogens (tertiary/aromatic N) is 1. The lowest BCUT2D eigenvalue weighted by Gasteiger charge is -2.26. The van der Waals surface area contributed by atoms with Gasteiger partial charge in [-0.1, -0.05) is 18.2 Å².